The Hall–Kier alpha value is -1.91. The number of carbonyl (C=O) groups is 1. The molecule has 2 rings (SSSR count). The number of amides is 1. The van der Waals surface area contributed by atoms with Gasteiger partial charge in [-0.3, -0.25) is 0 Å². The van der Waals surface area contributed by atoms with E-state index in [0.717, 1.165) is 24.0 Å². The zero-order valence-corrected chi connectivity index (χ0v) is 15.6. The van der Waals surface area contributed by atoms with Crippen LogP contribution in [0.2, 0.25) is 10.0 Å². The first-order chi connectivity index (χ1) is 12.1. The lowest BCUT2D eigenvalue weighted by Crippen LogP contribution is -2.23. The fourth-order valence-corrected chi connectivity index (χ4v) is 2.76. The normalized spacial score (nSPS) is 10.4. The summed E-state index contributed by atoms with van der Waals surface area (Å²) < 4.78 is 10.8. The average Bonchev–Trinajstić information content (AvgIpc) is 2.61. The molecule has 6 heteroatoms. The van der Waals surface area contributed by atoms with Crippen LogP contribution in [0.3, 0.4) is 0 Å². The van der Waals surface area contributed by atoms with E-state index in [-0.39, 0.29) is 13.2 Å². The summed E-state index contributed by atoms with van der Waals surface area (Å²) in [6.45, 7) is 3.14. The Bertz CT molecular complexity index is 669. The van der Waals surface area contributed by atoms with Crippen molar-refractivity contribution in [3.8, 4) is 5.75 Å². The van der Waals surface area contributed by atoms with Gasteiger partial charge in [-0.15, -0.1) is 0 Å². The summed E-state index contributed by atoms with van der Waals surface area (Å²) in [6, 6.07) is 12.9. The van der Waals surface area contributed by atoms with Gasteiger partial charge in [0.2, 0.25) is 0 Å². The molecule has 2 aromatic carbocycles. The minimum Gasteiger partial charge on any atom is -0.490 e. The Kier molecular flexibility index (Phi) is 7.89. The van der Waals surface area contributed by atoms with Crippen LogP contribution in [0, 0.1) is 0 Å². The summed E-state index contributed by atoms with van der Waals surface area (Å²) in [5.74, 6) is 0.479. The Morgan fingerprint density at radius 3 is 2.40 bits per heavy atom. The number of benzene rings is 2. The van der Waals surface area contributed by atoms with Crippen LogP contribution in [-0.2, 0) is 17.9 Å². The van der Waals surface area contributed by atoms with Gasteiger partial charge in [-0.1, -0.05) is 66.9 Å². The second-order valence-corrected chi connectivity index (χ2v) is 6.32. The lowest BCUT2D eigenvalue weighted by atomic mass is 10.2. The standard InChI is InChI=1S/C19H21Cl2NO3/c1-2-3-9-24-18-16(20)10-15(11-17(18)21)12-22-19(23)25-13-14-7-5-4-6-8-14/h4-8,10-11H,2-3,9,12-13H2,1H3,(H,22,23). The van der Waals surface area contributed by atoms with Gasteiger partial charge in [0.1, 0.15) is 6.61 Å². The van der Waals surface area contributed by atoms with Crippen molar-refractivity contribution in [2.45, 2.75) is 32.9 Å². The number of ether oxygens (including phenoxy) is 2. The third kappa shape index (κ3) is 6.48. The molecule has 0 atom stereocenters. The second-order valence-electron chi connectivity index (χ2n) is 5.51. The smallest absolute Gasteiger partial charge is 0.407 e. The molecule has 0 aliphatic carbocycles. The van der Waals surface area contributed by atoms with Crippen molar-refractivity contribution in [3.05, 3.63) is 63.6 Å². The SMILES string of the molecule is CCCCOc1c(Cl)cc(CNC(=O)OCc2ccccc2)cc1Cl. The van der Waals surface area contributed by atoms with Crippen molar-refractivity contribution < 1.29 is 14.3 Å². The molecule has 4 nitrogen and oxygen atoms in total. The van der Waals surface area contributed by atoms with Crippen molar-refractivity contribution in [1.29, 1.82) is 0 Å². The Morgan fingerprint density at radius 1 is 1.08 bits per heavy atom. The highest BCUT2D eigenvalue weighted by atomic mass is 35.5. The van der Waals surface area contributed by atoms with Crippen LogP contribution in [0.1, 0.15) is 30.9 Å². The molecule has 0 spiro atoms. The number of nitrogens with one attached hydrogen (secondary N) is 1. The van der Waals surface area contributed by atoms with E-state index in [0.29, 0.717) is 22.4 Å². The van der Waals surface area contributed by atoms with E-state index in [1.807, 2.05) is 30.3 Å². The quantitative estimate of drug-likeness (QED) is 0.605. The largest absolute Gasteiger partial charge is 0.490 e. The summed E-state index contributed by atoms with van der Waals surface area (Å²) in [6.07, 6.45) is 1.46. The monoisotopic (exact) mass is 381 g/mol. The Labute approximate surface area is 158 Å². The maximum atomic E-state index is 11.8. The molecule has 0 radical (unpaired) electrons. The van der Waals surface area contributed by atoms with Crippen molar-refractivity contribution in [2.24, 2.45) is 0 Å². The number of carbonyl (C=O) groups excluding carboxylic acids is 1. The molecule has 0 fully saturated rings. The molecule has 2 aromatic rings. The first-order valence-electron chi connectivity index (χ1n) is 8.15. The first kappa shape index (κ1) is 19.4. The minimum absolute atomic E-state index is 0.221. The Morgan fingerprint density at radius 2 is 1.76 bits per heavy atom. The molecule has 0 aliphatic rings. The van der Waals surface area contributed by atoms with E-state index < -0.39 is 6.09 Å². The maximum absolute atomic E-state index is 11.8. The van der Waals surface area contributed by atoms with Crippen molar-refractivity contribution in [3.63, 3.8) is 0 Å². The van der Waals surface area contributed by atoms with Crippen LogP contribution in [0.4, 0.5) is 4.79 Å². The molecule has 0 saturated carbocycles. The van der Waals surface area contributed by atoms with E-state index in [4.69, 9.17) is 32.7 Å². The summed E-state index contributed by atoms with van der Waals surface area (Å²) in [4.78, 5) is 11.8. The molecule has 0 heterocycles. The van der Waals surface area contributed by atoms with Crippen LogP contribution < -0.4 is 10.1 Å². The molecule has 0 bridgehead atoms. The van der Waals surface area contributed by atoms with E-state index in [2.05, 4.69) is 12.2 Å². The number of rotatable bonds is 8. The van der Waals surface area contributed by atoms with Crippen molar-refractivity contribution >= 4 is 29.3 Å². The van der Waals surface area contributed by atoms with Gasteiger partial charge in [0.05, 0.1) is 16.7 Å². The second kappa shape index (κ2) is 10.2. The molecule has 0 unspecified atom stereocenters. The van der Waals surface area contributed by atoms with Gasteiger partial charge in [0.15, 0.2) is 5.75 Å². The molecular formula is C19H21Cl2NO3. The predicted molar refractivity (Wildman–Crippen MR) is 100 cm³/mol. The number of halogens is 2. The van der Waals surface area contributed by atoms with Gasteiger partial charge in [-0.25, -0.2) is 4.79 Å². The van der Waals surface area contributed by atoms with Gasteiger partial charge in [-0.2, -0.15) is 0 Å². The number of hydrogen-bond acceptors (Lipinski definition) is 3. The molecule has 1 N–H and O–H groups in total. The van der Waals surface area contributed by atoms with Crippen molar-refractivity contribution in [2.75, 3.05) is 6.61 Å². The summed E-state index contributed by atoms with van der Waals surface area (Å²) in [5.41, 5.74) is 1.70. The molecule has 0 aliphatic heterocycles. The van der Waals surface area contributed by atoms with Gasteiger partial charge < -0.3 is 14.8 Å². The maximum Gasteiger partial charge on any atom is 0.407 e. The Balaban J connectivity index is 1.84. The fraction of sp³-hybridized carbons (Fsp3) is 0.316. The highest BCUT2D eigenvalue weighted by Crippen LogP contribution is 2.34. The first-order valence-corrected chi connectivity index (χ1v) is 8.91. The molecule has 1 amide bonds. The van der Waals surface area contributed by atoms with Gasteiger partial charge in [0.25, 0.3) is 0 Å². The summed E-state index contributed by atoms with van der Waals surface area (Å²) >= 11 is 12.4. The van der Waals surface area contributed by atoms with Crippen molar-refractivity contribution in [1.82, 2.24) is 5.32 Å². The average molecular weight is 382 g/mol. The minimum atomic E-state index is -0.501. The lowest BCUT2D eigenvalue weighted by molar-refractivity contribution is 0.139. The van der Waals surface area contributed by atoms with E-state index in [1.165, 1.54) is 0 Å². The molecule has 134 valence electrons. The topological polar surface area (TPSA) is 47.6 Å². The number of alkyl carbamates (subject to hydrolysis) is 1. The number of hydrogen-bond donors (Lipinski definition) is 1. The molecule has 0 saturated heterocycles. The third-order valence-corrected chi connectivity index (χ3v) is 4.01. The van der Waals surface area contributed by atoms with Crippen LogP contribution >= 0.6 is 23.2 Å². The van der Waals surface area contributed by atoms with E-state index in [9.17, 15) is 4.79 Å². The molecule has 25 heavy (non-hydrogen) atoms. The summed E-state index contributed by atoms with van der Waals surface area (Å²) in [7, 11) is 0. The zero-order valence-electron chi connectivity index (χ0n) is 14.1. The van der Waals surface area contributed by atoms with Crippen LogP contribution in [0.25, 0.3) is 0 Å². The van der Waals surface area contributed by atoms with E-state index in [1.54, 1.807) is 12.1 Å². The van der Waals surface area contributed by atoms with Crippen LogP contribution in [-0.4, -0.2) is 12.7 Å². The molecular weight excluding hydrogens is 361 g/mol. The van der Waals surface area contributed by atoms with Crippen LogP contribution in [0.15, 0.2) is 42.5 Å². The van der Waals surface area contributed by atoms with E-state index >= 15 is 0 Å². The van der Waals surface area contributed by atoms with Gasteiger partial charge in [-0.05, 0) is 29.7 Å². The lowest BCUT2D eigenvalue weighted by Gasteiger charge is -2.12. The highest BCUT2D eigenvalue weighted by Gasteiger charge is 2.11. The molecule has 0 aromatic heterocycles. The highest BCUT2D eigenvalue weighted by molar-refractivity contribution is 6.37. The van der Waals surface area contributed by atoms with Gasteiger partial charge >= 0.3 is 6.09 Å². The third-order valence-electron chi connectivity index (χ3n) is 3.45. The predicted octanol–water partition coefficient (Wildman–Crippen LogP) is 5.60. The summed E-state index contributed by atoms with van der Waals surface area (Å²) in [5, 5.41) is 3.53. The fourth-order valence-electron chi connectivity index (χ4n) is 2.12. The van der Waals surface area contributed by atoms with Crippen LogP contribution in [0.5, 0.6) is 5.75 Å². The number of unbranched alkanes of at least 4 members (excludes halogenated alkanes) is 1. The zero-order chi connectivity index (χ0) is 18.1. The van der Waals surface area contributed by atoms with Gasteiger partial charge in [0, 0.05) is 6.54 Å².